The van der Waals surface area contributed by atoms with Crippen molar-refractivity contribution in [3.05, 3.63) is 83.4 Å². The fourth-order valence-corrected chi connectivity index (χ4v) is 4.29. The van der Waals surface area contributed by atoms with Gasteiger partial charge in [0.25, 0.3) is 11.7 Å². The van der Waals surface area contributed by atoms with Gasteiger partial charge < -0.3 is 24.1 Å². The molecule has 0 aliphatic carbocycles. The lowest BCUT2D eigenvalue weighted by Gasteiger charge is -2.27. The summed E-state index contributed by atoms with van der Waals surface area (Å²) >= 11 is 0. The Hall–Kier alpha value is -4.46. The van der Waals surface area contributed by atoms with Crippen molar-refractivity contribution in [2.75, 3.05) is 32.3 Å². The molecule has 1 amide bonds. The van der Waals surface area contributed by atoms with Gasteiger partial charge in [0.1, 0.15) is 30.5 Å². The van der Waals surface area contributed by atoms with E-state index in [1.165, 1.54) is 12.0 Å². The van der Waals surface area contributed by atoms with Crippen molar-refractivity contribution in [1.82, 2.24) is 0 Å². The molecule has 1 N–H and O–H groups in total. The number of methoxy groups -OCH3 is 2. The number of carbonyl (C=O) groups is 2. The van der Waals surface area contributed by atoms with Crippen molar-refractivity contribution >= 4 is 23.1 Å². The van der Waals surface area contributed by atoms with E-state index < -0.39 is 17.7 Å². The minimum atomic E-state index is -0.870. The molecule has 1 saturated heterocycles. The molecule has 1 atom stereocenters. The van der Waals surface area contributed by atoms with Crippen LogP contribution in [0.2, 0.25) is 0 Å². The number of hydrogen-bond donors (Lipinski definition) is 1. The third-order valence-electron chi connectivity index (χ3n) is 6.04. The zero-order valence-electron chi connectivity index (χ0n) is 19.2. The number of rotatable bonds is 5. The molecule has 0 spiro atoms. The molecule has 0 aromatic heterocycles. The van der Waals surface area contributed by atoms with Crippen molar-refractivity contribution in [3.8, 4) is 23.0 Å². The fraction of sp³-hybridized carbons (Fsp3) is 0.185. The number of Topliss-reactive ketones (excluding diaryl/α,β-unsaturated/α-hetero) is 1. The van der Waals surface area contributed by atoms with Crippen LogP contribution in [-0.2, 0) is 9.59 Å². The van der Waals surface area contributed by atoms with E-state index in [0.29, 0.717) is 53.0 Å². The van der Waals surface area contributed by atoms with Crippen LogP contribution in [0.3, 0.4) is 0 Å². The van der Waals surface area contributed by atoms with E-state index >= 15 is 0 Å². The smallest absolute Gasteiger partial charge is 0.300 e. The van der Waals surface area contributed by atoms with Gasteiger partial charge in [-0.15, -0.1) is 0 Å². The SMILES string of the molecule is COc1ccc(/C(O)=C2\C(=O)C(=O)N(c3ccc4c(c3)OCCO4)C2c2ccc(OC)cc2)cc1. The van der Waals surface area contributed by atoms with E-state index in [-0.39, 0.29) is 11.3 Å². The predicted octanol–water partition coefficient (Wildman–Crippen LogP) is 4.10. The molecular weight excluding hydrogens is 450 g/mol. The Kier molecular flexibility index (Phi) is 5.78. The third kappa shape index (κ3) is 3.93. The maximum atomic E-state index is 13.3. The van der Waals surface area contributed by atoms with Gasteiger partial charge in [-0.2, -0.15) is 0 Å². The van der Waals surface area contributed by atoms with E-state index in [2.05, 4.69) is 0 Å². The molecule has 178 valence electrons. The number of benzene rings is 3. The quantitative estimate of drug-likeness (QED) is 0.339. The van der Waals surface area contributed by atoms with Crippen molar-refractivity contribution < 1.29 is 33.6 Å². The van der Waals surface area contributed by atoms with E-state index in [1.54, 1.807) is 73.8 Å². The maximum absolute atomic E-state index is 13.3. The molecule has 2 aliphatic heterocycles. The first-order valence-electron chi connectivity index (χ1n) is 11.0. The number of amides is 1. The lowest BCUT2D eigenvalue weighted by Crippen LogP contribution is -2.29. The topological polar surface area (TPSA) is 94.5 Å². The van der Waals surface area contributed by atoms with Crippen LogP contribution in [0, 0.1) is 0 Å². The van der Waals surface area contributed by atoms with Gasteiger partial charge in [0.2, 0.25) is 0 Å². The van der Waals surface area contributed by atoms with Gasteiger partial charge in [-0.3, -0.25) is 14.5 Å². The highest BCUT2D eigenvalue weighted by molar-refractivity contribution is 6.51. The first-order valence-corrected chi connectivity index (χ1v) is 11.0. The van der Waals surface area contributed by atoms with Gasteiger partial charge in [-0.1, -0.05) is 12.1 Å². The van der Waals surface area contributed by atoms with Crippen LogP contribution in [0.5, 0.6) is 23.0 Å². The number of ketones is 1. The van der Waals surface area contributed by atoms with Crippen LogP contribution in [0.1, 0.15) is 17.2 Å². The molecule has 0 saturated carbocycles. The lowest BCUT2D eigenvalue weighted by molar-refractivity contribution is -0.132. The summed E-state index contributed by atoms with van der Waals surface area (Å²) in [4.78, 5) is 28.0. The minimum Gasteiger partial charge on any atom is -0.507 e. The molecule has 1 fully saturated rings. The molecule has 3 aromatic rings. The molecule has 0 radical (unpaired) electrons. The first kappa shape index (κ1) is 22.3. The summed E-state index contributed by atoms with van der Waals surface area (Å²) in [6, 6.07) is 17.8. The summed E-state index contributed by atoms with van der Waals surface area (Å²) in [7, 11) is 3.09. The summed E-state index contributed by atoms with van der Waals surface area (Å²) in [6.45, 7) is 0.819. The van der Waals surface area contributed by atoms with Gasteiger partial charge in [-0.05, 0) is 54.1 Å². The Balaban J connectivity index is 1.67. The lowest BCUT2D eigenvalue weighted by atomic mass is 9.95. The molecule has 8 nitrogen and oxygen atoms in total. The van der Waals surface area contributed by atoms with Crippen LogP contribution in [0.4, 0.5) is 5.69 Å². The number of carbonyl (C=O) groups excluding carboxylic acids is 2. The van der Waals surface area contributed by atoms with E-state index in [4.69, 9.17) is 18.9 Å². The molecule has 8 heteroatoms. The van der Waals surface area contributed by atoms with Gasteiger partial charge in [-0.25, -0.2) is 0 Å². The second-order valence-electron chi connectivity index (χ2n) is 8.00. The summed E-state index contributed by atoms with van der Waals surface area (Å²) in [6.07, 6.45) is 0. The molecule has 35 heavy (non-hydrogen) atoms. The second kappa shape index (κ2) is 9.06. The normalized spacial score (nSPS) is 18.5. The minimum absolute atomic E-state index is 0.0137. The number of hydrogen-bond acceptors (Lipinski definition) is 7. The Morgan fingerprint density at radius 2 is 1.46 bits per heavy atom. The van der Waals surface area contributed by atoms with E-state index in [1.807, 2.05) is 0 Å². The van der Waals surface area contributed by atoms with Gasteiger partial charge in [0, 0.05) is 17.3 Å². The van der Waals surface area contributed by atoms with Crippen LogP contribution in [0.25, 0.3) is 5.76 Å². The Labute approximate surface area is 201 Å². The summed E-state index contributed by atoms with van der Waals surface area (Å²) in [5.41, 5.74) is 1.46. The maximum Gasteiger partial charge on any atom is 0.300 e. The fourth-order valence-electron chi connectivity index (χ4n) is 4.29. The highest BCUT2D eigenvalue weighted by Crippen LogP contribution is 2.44. The van der Waals surface area contributed by atoms with E-state index in [0.717, 1.165) is 0 Å². The van der Waals surface area contributed by atoms with Gasteiger partial charge in [0.05, 0.1) is 25.8 Å². The molecule has 5 rings (SSSR count). The largest absolute Gasteiger partial charge is 0.507 e. The van der Waals surface area contributed by atoms with Gasteiger partial charge >= 0.3 is 0 Å². The Bertz CT molecular complexity index is 1310. The monoisotopic (exact) mass is 473 g/mol. The molecule has 0 bridgehead atoms. The molecular formula is C27H23NO7. The Morgan fingerprint density at radius 1 is 0.857 bits per heavy atom. The Morgan fingerprint density at radius 3 is 2.09 bits per heavy atom. The number of nitrogens with zero attached hydrogens (tertiary/aromatic N) is 1. The van der Waals surface area contributed by atoms with E-state index in [9.17, 15) is 14.7 Å². The number of aliphatic hydroxyl groups excluding tert-OH is 1. The van der Waals surface area contributed by atoms with Crippen LogP contribution in [-0.4, -0.2) is 44.2 Å². The van der Waals surface area contributed by atoms with Crippen molar-refractivity contribution in [2.45, 2.75) is 6.04 Å². The van der Waals surface area contributed by atoms with Crippen molar-refractivity contribution in [1.29, 1.82) is 0 Å². The molecule has 3 aromatic carbocycles. The number of ether oxygens (including phenoxy) is 4. The summed E-state index contributed by atoms with van der Waals surface area (Å²) in [5.74, 6) is 0.471. The number of aliphatic hydroxyl groups is 1. The summed E-state index contributed by atoms with van der Waals surface area (Å²) < 4.78 is 21.7. The number of anilines is 1. The summed E-state index contributed by atoms with van der Waals surface area (Å²) in [5, 5.41) is 11.2. The average Bonchev–Trinajstić information content (AvgIpc) is 3.18. The van der Waals surface area contributed by atoms with Crippen molar-refractivity contribution in [2.24, 2.45) is 0 Å². The van der Waals surface area contributed by atoms with Crippen LogP contribution in [0.15, 0.2) is 72.3 Å². The number of fused-ring (bicyclic) bond motifs is 1. The van der Waals surface area contributed by atoms with Crippen LogP contribution >= 0.6 is 0 Å². The highest BCUT2D eigenvalue weighted by Gasteiger charge is 2.47. The average molecular weight is 473 g/mol. The standard InChI is InChI=1S/C27H23NO7/c1-32-19-8-3-16(4-9-19)24-23(25(29)17-5-10-20(33-2)11-6-17)26(30)27(31)28(24)18-7-12-21-22(15-18)35-14-13-34-21/h3-12,15,24,29H,13-14H2,1-2H3/b25-23+. The molecule has 1 unspecified atom stereocenters. The highest BCUT2D eigenvalue weighted by atomic mass is 16.6. The van der Waals surface area contributed by atoms with Crippen molar-refractivity contribution in [3.63, 3.8) is 0 Å². The first-order chi connectivity index (χ1) is 17.0. The molecule has 2 aliphatic rings. The van der Waals surface area contributed by atoms with Crippen LogP contribution < -0.4 is 23.8 Å². The second-order valence-corrected chi connectivity index (χ2v) is 8.00. The van der Waals surface area contributed by atoms with Gasteiger partial charge in [0.15, 0.2) is 11.5 Å². The predicted molar refractivity (Wildman–Crippen MR) is 128 cm³/mol. The zero-order chi connectivity index (χ0) is 24.5. The third-order valence-corrected chi connectivity index (χ3v) is 6.04. The zero-order valence-corrected chi connectivity index (χ0v) is 19.2. The molecule has 2 heterocycles.